The number of amides is 1. The fraction of sp³-hybridized carbons (Fsp3) is 0.625. The van der Waals surface area contributed by atoms with Crippen LogP contribution < -0.4 is 9.75 Å². The number of benzene rings is 1. The zero-order valence-corrected chi connectivity index (χ0v) is 20.6. The van der Waals surface area contributed by atoms with E-state index < -0.39 is 35.4 Å². The summed E-state index contributed by atoms with van der Waals surface area (Å²) in [6.45, 7) is 7.88. The fourth-order valence-corrected chi connectivity index (χ4v) is 4.11. The maximum absolute atomic E-state index is 13.4. The molecule has 2 aliphatic heterocycles. The summed E-state index contributed by atoms with van der Waals surface area (Å²) in [4.78, 5) is 25.7. The van der Waals surface area contributed by atoms with Crippen molar-refractivity contribution in [1.29, 1.82) is 0 Å². The number of anilines is 1. The highest BCUT2D eigenvalue weighted by Crippen LogP contribution is 2.37. The lowest BCUT2D eigenvalue weighted by Gasteiger charge is -2.33. The van der Waals surface area contributed by atoms with Gasteiger partial charge in [-0.3, -0.25) is 9.80 Å². The van der Waals surface area contributed by atoms with Gasteiger partial charge >= 0.3 is 18.2 Å². The van der Waals surface area contributed by atoms with Gasteiger partial charge in [-0.05, 0) is 45.0 Å². The van der Waals surface area contributed by atoms with Crippen LogP contribution in [0.2, 0.25) is 0 Å². The highest BCUT2D eigenvalue weighted by molar-refractivity contribution is 5.96. The van der Waals surface area contributed by atoms with Crippen molar-refractivity contribution in [2.45, 2.75) is 70.9 Å². The first-order chi connectivity index (χ1) is 16.3. The number of piperidine rings is 1. The molecular weight excluding hydrogens is 467 g/mol. The van der Waals surface area contributed by atoms with Crippen LogP contribution in [0.3, 0.4) is 0 Å². The van der Waals surface area contributed by atoms with Gasteiger partial charge in [0.15, 0.2) is 0 Å². The summed E-state index contributed by atoms with van der Waals surface area (Å²) in [5.41, 5.74) is -1.07. The van der Waals surface area contributed by atoms with Crippen molar-refractivity contribution < 1.29 is 37.0 Å². The Balaban J connectivity index is 1.64. The highest BCUT2D eigenvalue weighted by Gasteiger charge is 2.48. The second-order valence-corrected chi connectivity index (χ2v) is 9.74. The van der Waals surface area contributed by atoms with Gasteiger partial charge < -0.3 is 19.1 Å². The molecule has 2 atom stereocenters. The number of nitrogens with zero attached hydrogens (tertiary/aromatic N) is 3. The predicted octanol–water partition coefficient (Wildman–Crippen LogP) is 4.77. The third-order valence-corrected chi connectivity index (χ3v) is 5.93. The Hall–Kier alpha value is -2.98. The minimum absolute atomic E-state index is 0.103. The van der Waals surface area contributed by atoms with E-state index in [1.54, 1.807) is 29.2 Å². The maximum atomic E-state index is 13.4. The summed E-state index contributed by atoms with van der Waals surface area (Å²) in [6, 6.07) is 5.74. The smallest absolute Gasteiger partial charge is 0.431 e. The minimum atomic E-state index is -4.60. The summed E-state index contributed by atoms with van der Waals surface area (Å²) >= 11 is 0. The third kappa shape index (κ3) is 6.79. The summed E-state index contributed by atoms with van der Waals surface area (Å²) < 4.78 is 56.4. The van der Waals surface area contributed by atoms with E-state index in [1.807, 2.05) is 20.8 Å². The van der Waals surface area contributed by atoms with Crippen molar-refractivity contribution in [3.63, 3.8) is 0 Å². The largest absolute Gasteiger partial charge is 0.490 e. The van der Waals surface area contributed by atoms with E-state index in [-0.39, 0.29) is 18.6 Å². The molecule has 0 radical (unpaired) electrons. The number of rotatable bonds is 5. The zero-order valence-electron chi connectivity index (χ0n) is 20.6. The molecule has 0 unspecified atom stereocenters. The zero-order chi connectivity index (χ0) is 26.0. The number of hydrogen-bond acceptors (Lipinski definition) is 7. The first-order valence-corrected chi connectivity index (χ1v) is 11.5. The van der Waals surface area contributed by atoms with Crippen LogP contribution in [-0.2, 0) is 14.3 Å². The van der Waals surface area contributed by atoms with Gasteiger partial charge in [-0.15, -0.1) is 0 Å². The molecule has 1 amide bonds. The molecule has 2 heterocycles. The molecule has 0 aromatic heterocycles. The van der Waals surface area contributed by atoms with Crippen LogP contribution in [0.1, 0.15) is 47.0 Å². The van der Waals surface area contributed by atoms with Gasteiger partial charge in [-0.1, -0.05) is 6.92 Å². The Morgan fingerprint density at radius 3 is 2.20 bits per heavy atom. The van der Waals surface area contributed by atoms with E-state index in [0.29, 0.717) is 37.4 Å². The van der Waals surface area contributed by atoms with Gasteiger partial charge in [0.2, 0.25) is 0 Å². The predicted molar refractivity (Wildman–Crippen MR) is 123 cm³/mol. The molecule has 3 rings (SSSR count). The van der Waals surface area contributed by atoms with Crippen molar-refractivity contribution in [3.8, 4) is 5.75 Å². The number of alkyl halides is 3. The molecule has 0 aliphatic carbocycles. The summed E-state index contributed by atoms with van der Waals surface area (Å²) in [5, 5.41) is 5.03. The normalized spacial score (nSPS) is 21.5. The van der Waals surface area contributed by atoms with E-state index in [2.05, 4.69) is 9.84 Å². The number of ether oxygens (including phenoxy) is 3. The van der Waals surface area contributed by atoms with E-state index >= 15 is 0 Å². The van der Waals surface area contributed by atoms with Crippen molar-refractivity contribution in [2.24, 2.45) is 11.0 Å². The molecule has 0 saturated carbocycles. The second kappa shape index (κ2) is 10.3. The second-order valence-electron chi connectivity index (χ2n) is 9.74. The van der Waals surface area contributed by atoms with E-state index in [0.717, 1.165) is 0 Å². The van der Waals surface area contributed by atoms with Gasteiger partial charge in [0.1, 0.15) is 23.2 Å². The Morgan fingerprint density at radius 1 is 1.09 bits per heavy atom. The molecule has 0 bridgehead atoms. The number of likely N-dealkylation sites (tertiary alicyclic amines) is 1. The van der Waals surface area contributed by atoms with Crippen LogP contribution in [0.25, 0.3) is 0 Å². The topological polar surface area (TPSA) is 80.7 Å². The molecule has 0 spiro atoms. The molecule has 8 nitrogen and oxygen atoms in total. The summed E-state index contributed by atoms with van der Waals surface area (Å²) in [6.07, 6.45) is -4.01. The molecule has 1 fully saturated rings. The monoisotopic (exact) mass is 499 g/mol. The van der Waals surface area contributed by atoms with E-state index in [4.69, 9.17) is 9.47 Å². The number of carbonyl (C=O) groups excluding carboxylic acids is 2. The van der Waals surface area contributed by atoms with Gasteiger partial charge in [0, 0.05) is 31.8 Å². The number of carbonyl (C=O) groups is 2. The van der Waals surface area contributed by atoms with Gasteiger partial charge in [0.25, 0.3) is 0 Å². The molecule has 0 N–H and O–H groups in total. The van der Waals surface area contributed by atoms with Gasteiger partial charge in [-0.25, -0.2) is 4.79 Å². The highest BCUT2D eigenvalue weighted by atomic mass is 19.4. The third-order valence-electron chi connectivity index (χ3n) is 5.93. The lowest BCUT2D eigenvalue weighted by atomic mass is 9.94. The van der Waals surface area contributed by atoms with Crippen LogP contribution in [0.4, 0.5) is 23.7 Å². The summed E-state index contributed by atoms with van der Waals surface area (Å²) in [5.74, 6) is -1.05. The number of esters is 1. The Morgan fingerprint density at radius 2 is 1.69 bits per heavy atom. The van der Waals surface area contributed by atoms with Crippen LogP contribution in [-0.4, -0.2) is 66.8 Å². The first kappa shape index (κ1) is 26.6. The number of hydrogen-bond donors (Lipinski definition) is 0. The van der Waals surface area contributed by atoms with Crippen molar-refractivity contribution in [2.75, 3.05) is 25.2 Å². The Labute approximate surface area is 203 Å². The molecule has 1 saturated heterocycles. The van der Waals surface area contributed by atoms with Gasteiger partial charge in [-0.2, -0.15) is 18.3 Å². The van der Waals surface area contributed by atoms with Crippen molar-refractivity contribution >= 4 is 23.5 Å². The lowest BCUT2D eigenvalue weighted by Crippen LogP contribution is -2.44. The average Bonchev–Trinajstić information content (AvgIpc) is 3.10. The van der Waals surface area contributed by atoms with E-state index in [1.165, 1.54) is 19.0 Å². The molecule has 194 valence electrons. The Bertz CT molecular complexity index is 935. The quantitative estimate of drug-likeness (QED) is 0.543. The standard InChI is InChI=1S/C24H32F3N3O5/c1-15-19(14-20(31)33-5)30(28-21(15)24(25,26)27)16-6-8-17(9-7-16)34-18-10-12-29(13-11-18)22(32)35-23(2,3)4/h6-9,15,18-19H,10-14H2,1-5H3/t15-,19-/m0/s1. The molecule has 2 aliphatic rings. The molecule has 11 heteroatoms. The van der Waals surface area contributed by atoms with Crippen LogP contribution in [0.15, 0.2) is 29.4 Å². The van der Waals surface area contributed by atoms with Crippen molar-refractivity contribution in [1.82, 2.24) is 4.90 Å². The summed E-state index contributed by atoms with van der Waals surface area (Å²) in [7, 11) is 1.20. The van der Waals surface area contributed by atoms with Crippen LogP contribution in [0.5, 0.6) is 5.75 Å². The molecule has 1 aromatic rings. The van der Waals surface area contributed by atoms with Crippen molar-refractivity contribution in [3.05, 3.63) is 24.3 Å². The average molecular weight is 500 g/mol. The lowest BCUT2D eigenvalue weighted by molar-refractivity contribution is -0.141. The minimum Gasteiger partial charge on any atom is -0.490 e. The van der Waals surface area contributed by atoms with E-state index in [9.17, 15) is 22.8 Å². The number of hydrazone groups is 1. The Kier molecular flexibility index (Phi) is 7.86. The molecule has 35 heavy (non-hydrogen) atoms. The number of methoxy groups -OCH3 is 1. The van der Waals surface area contributed by atoms with Crippen LogP contribution >= 0.6 is 0 Å². The SMILES string of the molecule is COC(=O)C[C@H]1[C@H](C)C(C(F)(F)F)=NN1c1ccc(OC2CCN(C(=O)OC(C)(C)C)CC2)cc1. The number of halogens is 3. The first-order valence-electron chi connectivity index (χ1n) is 11.5. The fourth-order valence-electron chi connectivity index (χ4n) is 4.11. The van der Waals surface area contributed by atoms with Gasteiger partial charge in [0.05, 0.1) is 25.3 Å². The molecule has 1 aromatic carbocycles. The molecular formula is C24H32F3N3O5. The van der Waals surface area contributed by atoms with Crippen LogP contribution in [0, 0.1) is 5.92 Å². The maximum Gasteiger partial charge on any atom is 0.431 e.